The van der Waals surface area contributed by atoms with Crippen molar-refractivity contribution in [3.8, 4) is 12.1 Å². The van der Waals surface area contributed by atoms with E-state index in [0.29, 0.717) is 12.0 Å². The molecule has 0 amide bonds. The molecule has 0 unspecified atom stereocenters. The molecular weight excluding hydrogens is 192 g/mol. The van der Waals surface area contributed by atoms with Crippen LogP contribution in [0.4, 0.5) is 0 Å². The topological polar surface area (TPSA) is 88.0 Å². The lowest BCUT2D eigenvalue weighted by Crippen LogP contribution is -2.23. The van der Waals surface area contributed by atoms with Gasteiger partial charge in [-0.25, -0.2) is 0 Å². The summed E-state index contributed by atoms with van der Waals surface area (Å²) in [7, 11) is 0. The maximum Gasteiger partial charge on any atom is 0.189 e. The molecule has 78 valence electrons. The lowest BCUT2D eigenvalue weighted by Gasteiger charge is -2.19. The van der Waals surface area contributed by atoms with Gasteiger partial charge in [0.05, 0.1) is 0 Å². The second-order valence-electron chi connectivity index (χ2n) is 2.76. The highest BCUT2D eigenvalue weighted by Gasteiger charge is 2.21. The molecular formula is C11H12N2O2. The van der Waals surface area contributed by atoms with E-state index in [4.69, 9.17) is 10.5 Å². The molecule has 0 aliphatic heterocycles. The molecule has 15 heavy (non-hydrogen) atoms. The number of rotatable bonds is 2. The summed E-state index contributed by atoms with van der Waals surface area (Å²) >= 11 is 0. The van der Waals surface area contributed by atoms with E-state index in [9.17, 15) is 10.2 Å². The fourth-order valence-corrected chi connectivity index (χ4v) is 0.909. The fraction of sp³-hybridized carbons (Fsp3) is 0.273. The molecule has 0 spiro atoms. The highest BCUT2D eigenvalue weighted by atomic mass is 16.5. The Hall–Kier alpha value is -1.88. The van der Waals surface area contributed by atoms with Crippen molar-refractivity contribution in [1.82, 2.24) is 0 Å². The average molecular weight is 204 g/mol. The Balaban J connectivity index is 0.000000423. The lowest BCUT2D eigenvalue weighted by atomic mass is 10.0. The van der Waals surface area contributed by atoms with Crippen LogP contribution in [-0.2, 0) is 5.79 Å². The van der Waals surface area contributed by atoms with E-state index in [1.165, 1.54) is 12.1 Å². The number of hydrogen-bond donors (Lipinski definition) is 2. The minimum Gasteiger partial charge on any atom is -0.362 e. The predicted octanol–water partition coefficient (Wildman–Crippen LogP) is 1.27. The maximum atomic E-state index is 9.35. The van der Waals surface area contributed by atoms with Crippen molar-refractivity contribution in [3.05, 3.63) is 35.9 Å². The summed E-state index contributed by atoms with van der Waals surface area (Å²) in [5, 5.41) is 33.2. The molecule has 0 atom stereocenters. The zero-order valence-corrected chi connectivity index (χ0v) is 8.38. The van der Waals surface area contributed by atoms with Gasteiger partial charge in [-0.1, -0.05) is 37.3 Å². The first-order valence-corrected chi connectivity index (χ1v) is 4.37. The molecule has 1 aromatic carbocycles. The van der Waals surface area contributed by atoms with E-state index in [1.807, 2.05) is 6.07 Å². The molecule has 4 nitrogen and oxygen atoms in total. The van der Waals surface area contributed by atoms with E-state index in [-0.39, 0.29) is 0 Å². The van der Waals surface area contributed by atoms with Crippen LogP contribution in [0.25, 0.3) is 0 Å². The van der Waals surface area contributed by atoms with E-state index < -0.39 is 5.79 Å². The van der Waals surface area contributed by atoms with Crippen molar-refractivity contribution in [2.75, 3.05) is 0 Å². The first kappa shape index (κ1) is 13.1. The summed E-state index contributed by atoms with van der Waals surface area (Å²) < 4.78 is 0. The van der Waals surface area contributed by atoms with Crippen molar-refractivity contribution in [2.45, 2.75) is 19.1 Å². The van der Waals surface area contributed by atoms with Crippen LogP contribution in [0.15, 0.2) is 30.3 Å². The first-order chi connectivity index (χ1) is 7.08. The highest BCUT2D eigenvalue weighted by Crippen LogP contribution is 2.20. The maximum absolute atomic E-state index is 9.35. The van der Waals surface area contributed by atoms with Crippen LogP contribution < -0.4 is 0 Å². The highest BCUT2D eigenvalue weighted by molar-refractivity contribution is 5.19. The van der Waals surface area contributed by atoms with Gasteiger partial charge in [0.15, 0.2) is 17.9 Å². The third kappa shape index (κ3) is 4.78. The van der Waals surface area contributed by atoms with Crippen molar-refractivity contribution in [3.63, 3.8) is 0 Å². The Morgan fingerprint density at radius 2 is 1.60 bits per heavy atom. The van der Waals surface area contributed by atoms with Crippen molar-refractivity contribution < 1.29 is 10.2 Å². The summed E-state index contributed by atoms with van der Waals surface area (Å²) in [6.07, 6.45) is 0.303. The zero-order chi connectivity index (χ0) is 11.7. The summed E-state index contributed by atoms with van der Waals surface area (Å²) in [5.41, 5.74) is 0.544. The van der Waals surface area contributed by atoms with Gasteiger partial charge in [0.25, 0.3) is 0 Å². The molecule has 0 saturated heterocycles. The molecule has 0 saturated carbocycles. The Bertz CT molecular complexity index is 348. The molecule has 0 heterocycles. The standard InChI is InChI=1S/C9H12O2.C2N2/c1-2-9(10,11)8-6-4-3-5-7-8;3-1-2-4/h3-7,10-11H,2H2,1H3;. The molecule has 1 rings (SSSR count). The molecule has 1 aromatic rings. The SMILES string of the molecule is CCC(O)(O)c1ccccc1.N#CC#N. The van der Waals surface area contributed by atoms with Crippen LogP contribution in [-0.4, -0.2) is 10.2 Å². The summed E-state index contributed by atoms with van der Waals surface area (Å²) in [5.74, 6) is -1.67. The first-order valence-electron chi connectivity index (χ1n) is 4.37. The number of nitriles is 2. The van der Waals surface area contributed by atoms with Gasteiger partial charge in [0, 0.05) is 12.0 Å². The van der Waals surface area contributed by atoms with Gasteiger partial charge in [-0.15, -0.1) is 0 Å². The van der Waals surface area contributed by atoms with Gasteiger partial charge >= 0.3 is 0 Å². The monoisotopic (exact) mass is 204 g/mol. The number of nitrogens with zero attached hydrogens (tertiary/aromatic N) is 2. The third-order valence-electron chi connectivity index (χ3n) is 1.78. The van der Waals surface area contributed by atoms with Crippen molar-refractivity contribution in [2.24, 2.45) is 0 Å². The predicted molar refractivity (Wildman–Crippen MR) is 54.1 cm³/mol. The fourth-order valence-electron chi connectivity index (χ4n) is 0.909. The number of benzene rings is 1. The summed E-state index contributed by atoms with van der Waals surface area (Å²) in [6, 6.07) is 11.3. The third-order valence-corrected chi connectivity index (χ3v) is 1.78. The van der Waals surface area contributed by atoms with Crippen molar-refractivity contribution in [1.29, 1.82) is 10.5 Å². The van der Waals surface area contributed by atoms with Crippen molar-refractivity contribution >= 4 is 0 Å². The van der Waals surface area contributed by atoms with Gasteiger partial charge in [-0.05, 0) is 0 Å². The zero-order valence-electron chi connectivity index (χ0n) is 8.38. The minimum absolute atomic E-state index is 0.303. The Morgan fingerprint density at radius 1 is 1.13 bits per heavy atom. The van der Waals surface area contributed by atoms with E-state index in [0.717, 1.165) is 0 Å². The number of aliphatic hydroxyl groups is 2. The van der Waals surface area contributed by atoms with Gasteiger partial charge in [0.2, 0.25) is 0 Å². The van der Waals surface area contributed by atoms with Gasteiger partial charge < -0.3 is 10.2 Å². The van der Waals surface area contributed by atoms with E-state index >= 15 is 0 Å². The molecule has 0 fully saturated rings. The molecule has 0 bridgehead atoms. The van der Waals surface area contributed by atoms with Gasteiger partial charge in [0.1, 0.15) is 0 Å². The smallest absolute Gasteiger partial charge is 0.189 e. The summed E-state index contributed by atoms with van der Waals surface area (Å²) in [6.45, 7) is 1.73. The van der Waals surface area contributed by atoms with Crippen LogP contribution in [0.1, 0.15) is 18.9 Å². The van der Waals surface area contributed by atoms with Crippen LogP contribution in [0, 0.1) is 22.7 Å². The van der Waals surface area contributed by atoms with Crippen LogP contribution >= 0.6 is 0 Å². The quantitative estimate of drug-likeness (QED) is 0.710. The number of hydrogen-bond acceptors (Lipinski definition) is 4. The second kappa shape index (κ2) is 6.56. The largest absolute Gasteiger partial charge is 0.362 e. The van der Waals surface area contributed by atoms with Gasteiger partial charge in [-0.2, -0.15) is 10.5 Å². The average Bonchev–Trinajstić information content (AvgIpc) is 2.30. The van der Waals surface area contributed by atoms with Crippen LogP contribution in [0.5, 0.6) is 0 Å². The molecule has 0 radical (unpaired) electrons. The molecule has 0 aliphatic rings. The second-order valence-corrected chi connectivity index (χ2v) is 2.76. The van der Waals surface area contributed by atoms with Crippen LogP contribution in [0.3, 0.4) is 0 Å². The minimum atomic E-state index is -1.67. The Morgan fingerprint density at radius 3 is 1.93 bits per heavy atom. The Kier molecular flexibility index (Phi) is 5.73. The lowest BCUT2D eigenvalue weighted by molar-refractivity contribution is -0.171. The van der Waals surface area contributed by atoms with Crippen LogP contribution in [0.2, 0.25) is 0 Å². The normalized spacial score (nSPS) is 9.13. The summed E-state index contributed by atoms with van der Waals surface area (Å²) in [4.78, 5) is 0. The van der Waals surface area contributed by atoms with E-state index in [2.05, 4.69) is 0 Å². The van der Waals surface area contributed by atoms with Gasteiger partial charge in [-0.3, -0.25) is 0 Å². The Labute approximate surface area is 88.6 Å². The molecule has 2 N–H and O–H groups in total. The van der Waals surface area contributed by atoms with E-state index in [1.54, 1.807) is 31.2 Å². The molecule has 0 aliphatic carbocycles. The molecule has 4 heteroatoms. The molecule has 0 aromatic heterocycles.